The van der Waals surface area contributed by atoms with E-state index in [9.17, 15) is 4.79 Å². The molecule has 1 aliphatic rings. The number of Topliss-reactive ketones (excluding diaryl/α,β-unsaturated/α-hetero) is 1. The second-order valence-electron chi connectivity index (χ2n) is 3.76. The van der Waals surface area contributed by atoms with Crippen molar-refractivity contribution in [3.05, 3.63) is 24.2 Å². The Balaban J connectivity index is 1.91. The molecule has 1 saturated carbocycles. The molecular weight excluding hydrogens is 164 g/mol. The molecule has 70 valence electrons. The van der Waals surface area contributed by atoms with E-state index in [0.29, 0.717) is 18.1 Å². The van der Waals surface area contributed by atoms with Crippen molar-refractivity contribution in [2.45, 2.75) is 32.1 Å². The second kappa shape index (κ2) is 3.77. The van der Waals surface area contributed by atoms with Crippen LogP contribution in [0, 0.1) is 5.92 Å². The molecule has 1 aromatic heterocycles. The highest BCUT2D eigenvalue weighted by molar-refractivity contribution is 5.93. The summed E-state index contributed by atoms with van der Waals surface area (Å²) in [5.41, 5.74) is 0. The van der Waals surface area contributed by atoms with Crippen molar-refractivity contribution in [1.29, 1.82) is 0 Å². The van der Waals surface area contributed by atoms with Crippen LogP contribution in [0.4, 0.5) is 0 Å². The molecule has 0 N–H and O–H groups in total. The van der Waals surface area contributed by atoms with Gasteiger partial charge in [-0.3, -0.25) is 4.79 Å². The van der Waals surface area contributed by atoms with Crippen LogP contribution >= 0.6 is 0 Å². The third-order valence-electron chi connectivity index (χ3n) is 2.74. The molecule has 0 bridgehead atoms. The van der Waals surface area contributed by atoms with E-state index < -0.39 is 0 Å². The van der Waals surface area contributed by atoms with Crippen molar-refractivity contribution < 1.29 is 9.21 Å². The summed E-state index contributed by atoms with van der Waals surface area (Å²) < 4.78 is 5.06. The van der Waals surface area contributed by atoms with E-state index in [1.807, 2.05) is 0 Å². The van der Waals surface area contributed by atoms with Gasteiger partial charge in [0.1, 0.15) is 0 Å². The van der Waals surface area contributed by atoms with Crippen LogP contribution < -0.4 is 0 Å². The molecule has 2 rings (SSSR count). The van der Waals surface area contributed by atoms with Gasteiger partial charge in [0, 0.05) is 6.42 Å². The summed E-state index contributed by atoms with van der Waals surface area (Å²) >= 11 is 0. The van der Waals surface area contributed by atoms with E-state index in [0.717, 1.165) is 0 Å². The van der Waals surface area contributed by atoms with Gasteiger partial charge in [-0.1, -0.05) is 25.7 Å². The maximum absolute atomic E-state index is 11.6. The molecular formula is C11H14O2. The van der Waals surface area contributed by atoms with Gasteiger partial charge in [0.05, 0.1) is 6.26 Å². The zero-order chi connectivity index (χ0) is 9.10. The number of furan rings is 1. The van der Waals surface area contributed by atoms with E-state index in [2.05, 4.69) is 0 Å². The first-order chi connectivity index (χ1) is 6.36. The lowest BCUT2D eigenvalue weighted by Gasteiger charge is -2.04. The molecule has 0 amide bonds. The molecule has 2 heteroatoms. The van der Waals surface area contributed by atoms with Gasteiger partial charge in [0.25, 0.3) is 0 Å². The molecule has 1 aromatic rings. The summed E-state index contributed by atoms with van der Waals surface area (Å²) in [7, 11) is 0. The van der Waals surface area contributed by atoms with Gasteiger partial charge in [-0.2, -0.15) is 0 Å². The quantitative estimate of drug-likeness (QED) is 0.666. The SMILES string of the molecule is O=C(CC1CCCC1)c1ccco1. The summed E-state index contributed by atoms with van der Waals surface area (Å²) in [5.74, 6) is 1.29. The van der Waals surface area contributed by atoms with Crippen molar-refractivity contribution in [3.8, 4) is 0 Å². The Kier molecular flexibility index (Phi) is 2.48. The lowest BCUT2D eigenvalue weighted by Crippen LogP contribution is -2.04. The Morgan fingerprint density at radius 1 is 1.46 bits per heavy atom. The monoisotopic (exact) mass is 178 g/mol. The molecule has 13 heavy (non-hydrogen) atoms. The average molecular weight is 178 g/mol. The standard InChI is InChI=1S/C11H14O2/c12-10(11-6-3-7-13-11)8-9-4-1-2-5-9/h3,6-7,9H,1-2,4-5,8H2. The lowest BCUT2D eigenvalue weighted by atomic mass is 10.0. The number of ketones is 1. The number of rotatable bonds is 3. The summed E-state index contributed by atoms with van der Waals surface area (Å²) in [6.45, 7) is 0. The summed E-state index contributed by atoms with van der Waals surface area (Å²) in [5, 5.41) is 0. The lowest BCUT2D eigenvalue weighted by molar-refractivity contribution is 0.0935. The second-order valence-corrected chi connectivity index (χ2v) is 3.76. The molecule has 0 unspecified atom stereocenters. The van der Waals surface area contributed by atoms with Gasteiger partial charge < -0.3 is 4.42 Å². The van der Waals surface area contributed by atoms with E-state index in [1.165, 1.54) is 25.7 Å². The third kappa shape index (κ3) is 2.00. The molecule has 2 nitrogen and oxygen atoms in total. The molecule has 0 radical (unpaired) electrons. The highest BCUT2D eigenvalue weighted by Gasteiger charge is 2.20. The number of carbonyl (C=O) groups is 1. The topological polar surface area (TPSA) is 30.2 Å². The first kappa shape index (κ1) is 8.54. The molecule has 0 aromatic carbocycles. The molecule has 1 aliphatic carbocycles. The van der Waals surface area contributed by atoms with E-state index >= 15 is 0 Å². The van der Waals surface area contributed by atoms with Gasteiger partial charge in [-0.15, -0.1) is 0 Å². The van der Waals surface area contributed by atoms with Crippen LogP contribution in [-0.4, -0.2) is 5.78 Å². The molecule has 1 fully saturated rings. The van der Waals surface area contributed by atoms with Crippen LogP contribution in [0.1, 0.15) is 42.7 Å². The normalized spacial score (nSPS) is 17.8. The van der Waals surface area contributed by atoms with Crippen molar-refractivity contribution in [2.75, 3.05) is 0 Å². The maximum Gasteiger partial charge on any atom is 0.198 e. The van der Waals surface area contributed by atoms with Crippen LogP contribution in [0.15, 0.2) is 22.8 Å². The first-order valence-electron chi connectivity index (χ1n) is 4.93. The summed E-state index contributed by atoms with van der Waals surface area (Å²) in [4.78, 5) is 11.6. The summed E-state index contributed by atoms with van der Waals surface area (Å²) in [6.07, 6.45) is 7.24. The fourth-order valence-corrected chi connectivity index (χ4v) is 2.01. The Morgan fingerprint density at radius 2 is 2.23 bits per heavy atom. The van der Waals surface area contributed by atoms with Crippen molar-refractivity contribution in [3.63, 3.8) is 0 Å². The van der Waals surface area contributed by atoms with Gasteiger partial charge in [0.2, 0.25) is 0 Å². The number of carbonyl (C=O) groups excluding carboxylic acids is 1. The largest absolute Gasteiger partial charge is 0.461 e. The van der Waals surface area contributed by atoms with Crippen molar-refractivity contribution in [2.24, 2.45) is 5.92 Å². The fraction of sp³-hybridized carbons (Fsp3) is 0.545. The zero-order valence-electron chi connectivity index (χ0n) is 7.66. The van der Waals surface area contributed by atoms with Crippen LogP contribution in [0.5, 0.6) is 0 Å². The fourth-order valence-electron chi connectivity index (χ4n) is 2.01. The summed E-state index contributed by atoms with van der Waals surface area (Å²) in [6, 6.07) is 3.51. The predicted molar refractivity (Wildman–Crippen MR) is 49.6 cm³/mol. The van der Waals surface area contributed by atoms with Gasteiger partial charge >= 0.3 is 0 Å². The van der Waals surface area contributed by atoms with Crippen LogP contribution in [0.25, 0.3) is 0 Å². The molecule has 0 aliphatic heterocycles. The highest BCUT2D eigenvalue weighted by atomic mass is 16.3. The minimum atomic E-state index is 0.164. The molecule has 1 heterocycles. The Bertz CT molecular complexity index is 268. The zero-order valence-corrected chi connectivity index (χ0v) is 7.66. The minimum Gasteiger partial charge on any atom is -0.461 e. The predicted octanol–water partition coefficient (Wildman–Crippen LogP) is 3.04. The third-order valence-corrected chi connectivity index (χ3v) is 2.74. The number of hydrogen-bond acceptors (Lipinski definition) is 2. The maximum atomic E-state index is 11.6. The molecule has 0 atom stereocenters. The van der Waals surface area contributed by atoms with E-state index in [4.69, 9.17) is 4.42 Å². The highest BCUT2D eigenvalue weighted by Crippen LogP contribution is 2.28. The van der Waals surface area contributed by atoms with Crippen molar-refractivity contribution >= 4 is 5.78 Å². The average Bonchev–Trinajstić information content (AvgIpc) is 2.74. The van der Waals surface area contributed by atoms with Crippen molar-refractivity contribution in [1.82, 2.24) is 0 Å². The smallest absolute Gasteiger partial charge is 0.198 e. The van der Waals surface area contributed by atoms with Crippen LogP contribution in [0.3, 0.4) is 0 Å². The van der Waals surface area contributed by atoms with Crippen LogP contribution in [0.2, 0.25) is 0 Å². The minimum absolute atomic E-state index is 0.164. The first-order valence-corrected chi connectivity index (χ1v) is 4.93. The Morgan fingerprint density at radius 3 is 2.85 bits per heavy atom. The molecule has 0 spiro atoms. The Hall–Kier alpha value is -1.05. The van der Waals surface area contributed by atoms with Gasteiger partial charge in [-0.05, 0) is 18.1 Å². The van der Waals surface area contributed by atoms with E-state index in [-0.39, 0.29) is 5.78 Å². The van der Waals surface area contributed by atoms with E-state index in [1.54, 1.807) is 18.4 Å². The number of hydrogen-bond donors (Lipinski definition) is 0. The van der Waals surface area contributed by atoms with Crippen LogP contribution in [-0.2, 0) is 0 Å². The Labute approximate surface area is 77.9 Å². The molecule has 0 saturated heterocycles. The van der Waals surface area contributed by atoms with Gasteiger partial charge in [0.15, 0.2) is 11.5 Å². The van der Waals surface area contributed by atoms with Gasteiger partial charge in [-0.25, -0.2) is 0 Å².